The zero-order valence-corrected chi connectivity index (χ0v) is 17.7. The van der Waals surface area contributed by atoms with Crippen LogP contribution in [0.15, 0.2) is 42.5 Å². The van der Waals surface area contributed by atoms with Crippen LogP contribution in [0.5, 0.6) is 0 Å². The van der Waals surface area contributed by atoms with Crippen LogP contribution in [0.4, 0.5) is 5.69 Å². The molecule has 7 heteroatoms. The Balaban J connectivity index is 1.67. The summed E-state index contributed by atoms with van der Waals surface area (Å²) in [5.74, 6) is -0.567. The number of sulfonamides is 1. The maximum atomic E-state index is 12.8. The normalized spacial score (nSPS) is 18.0. The molecule has 1 aliphatic rings. The predicted octanol–water partition coefficient (Wildman–Crippen LogP) is 4.14. The molecule has 0 aromatic heterocycles. The summed E-state index contributed by atoms with van der Waals surface area (Å²) in [6.07, 6.45) is 1.36. The highest BCUT2D eigenvalue weighted by molar-refractivity contribution is 7.88. The molecule has 2 aromatic carbocycles. The van der Waals surface area contributed by atoms with Crippen molar-refractivity contribution in [3.8, 4) is 0 Å². The number of anilines is 1. The summed E-state index contributed by atoms with van der Waals surface area (Å²) in [7, 11) is -3.49. The van der Waals surface area contributed by atoms with E-state index in [1.54, 1.807) is 24.3 Å². The number of piperidine rings is 1. The third-order valence-corrected chi connectivity index (χ3v) is 7.12. The van der Waals surface area contributed by atoms with Gasteiger partial charge in [0.15, 0.2) is 0 Å². The van der Waals surface area contributed by atoms with Gasteiger partial charge in [0.2, 0.25) is 15.9 Å². The number of hydrogen-bond donors (Lipinski definition) is 1. The number of nitrogens with one attached hydrogen (secondary N) is 1. The molecule has 1 aliphatic heterocycles. The molecule has 150 valence electrons. The summed E-state index contributed by atoms with van der Waals surface area (Å²) in [6.45, 7) is 4.62. The average molecular weight is 421 g/mol. The van der Waals surface area contributed by atoms with Crippen LogP contribution >= 0.6 is 11.6 Å². The Hall–Kier alpha value is -1.89. The first-order valence-corrected chi connectivity index (χ1v) is 11.3. The number of carbonyl (C=O) groups is 1. The minimum absolute atomic E-state index is 0.0877. The third kappa shape index (κ3) is 5.13. The number of carbonyl (C=O) groups excluding carboxylic acids is 1. The molecule has 3 rings (SSSR count). The number of benzene rings is 2. The number of hydrogen-bond acceptors (Lipinski definition) is 3. The fourth-order valence-corrected chi connectivity index (χ4v) is 5.22. The lowest BCUT2D eigenvalue weighted by molar-refractivity contribution is -0.120. The van der Waals surface area contributed by atoms with Gasteiger partial charge in [0, 0.05) is 23.8 Å². The maximum absolute atomic E-state index is 12.8. The molecule has 1 fully saturated rings. The van der Waals surface area contributed by atoms with Crippen molar-refractivity contribution in [2.45, 2.75) is 32.4 Å². The number of halogens is 1. The molecular formula is C21H25ClN2O3S. The van der Waals surface area contributed by atoms with Crippen molar-refractivity contribution in [1.29, 1.82) is 0 Å². The smallest absolute Gasteiger partial charge is 0.228 e. The van der Waals surface area contributed by atoms with Crippen LogP contribution in [0, 0.1) is 19.8 Å². The van der Waals surface area contributed by atoms with Crippen molar-refractivity contribution in [3.05, 3.63) is 64.2 Å². The lowest BCUT2D eigenvalue weighted by Crippen LogP contribution is -2.44. The van der Waals surface area contributed by atoms with Crippen LogP contribution in [0.1, 0.15) is 29.5 Å². The zero-order valence-electron chi connectivity index (χ0n) is 16.1. The molecule has 1 N–H and O–H groups in total. The van der Waals surface area contributed by atoms with E-state index >= 15 is 0 Å². The molecule has 0 bridgehead atoms. The molecule has 0 unspecified atom stereocenters. The summed E-state index contributed by atoms with van der Waals surface area (Å²) in [6, 6.07) is 12.7. The summed E-state index contributed by atoms with van der Waals surface area (Å²) in [5.41, 5.74) is 3.59. The van der Waals surface area contributed by atoms with Gasteiger partial charge in [0.1, 0.15) is 0 Å². The fourth-order valence-electron chi connectivity index (χ4n) is 3.48. The summed E-state index contributed by atoms with van der Waals surface area (Å²) < 4.78 is 27.1. The van der Waals surface area contributed by atoms with Gasteiger partial charge >= 0.3 is 0 Å². The second kappa shape index (κ2) is 8.64. The van der Waals surface area contributed by atoms with Gasteiger partial charge in [-0.25, -0.2) is 12.7 Å². The van der Waals surface area contributed by atoms with Crippen molar-refractivity contribution < 1.29 is 13.2 Å². The lowest BCUT2D eigenvalue weighted by atomic mass is 9.98. The highest BCUT2D eigenvalue weighted by atomic mass is 35.5. The first kappa shape index (κ1) is 20.8. The minimum Gasteiger partial charge on any atom is -0.326 e. The fraction of sp³-hybridized carbons (Fsp3) is 0.381. The van der Waals surface area contributed by atoms with Crippen molar-refractivity contribution in [2.75, 3.05) is 18.4 Å². The van der Waals surface area contributed by atoms with Gasteiger partial charge in [-0.15, -0.1) is 0 Å². The molecule has 2 aromatic rings. The molecule has 1 heterocycles. The first-order chi connectivity index (χ1) is 13.2. The SMILES string of the molecule is Cc1ccc(NC(=O)[C@@H]2CCCN(S(=O)(=O)Cc3ccc(Cl)cc3)C2)c(C)c1. The van der Waals surface area contributed by atoms with E-state index in [1.165, 1.54) is 4.31 Å². The topological polar surface area (TPSA) is 66.5 Å². The average Bonchev–Trinajstić information content (AvgIpc) is 2.66. The molecule has 0 saturated carbocycles. The van der Waals surface area contributed by atoms with E-state index in [4.69, 9.17) is 11.6 Å². The standard InChI is InChI=1S/C21H25ClN2O3S/c1-15-5-10-20(16(2)12-15)23-21(25)18-4-3-11-24(13-18)28(26,27)14-17-6-8-19(22)9-7-17/h5-10,12,18H,3-4,11,13-14H2,1-2H3,(H,23,25)/t18-/m1/s1. The van der Waals surface area contributed by atoms with Crippen molar-refractivity contribution in [1.82, 2.24) is 4.31 Å². The number of nitrogens with zero attached hydrogens (tertiary/aromatic N) is 1. The molecule has 1 atom stereocenters. The second-order valence-corrected chi connectivity index (χ2v) is 9.79. The van der Waals surface area contributed by atoms with Gasteiger partial charge in [-0.2, -0.15) is 0 Å². The highest BCUT2D eigenvalue weighted by Crippen LogP contribution is 2.24. The largest absolute Gasteiger partial charge is 0.326 e. The molecule has 0 radical (unpaired) electrons. The third-order valence-electron chi connectivity index (χ3n) is 5.05. The first-order valence-electron chi connectivity index (χ1n) is 9.35. The Morgan fingerprint density at radius 3 is 2.57 bits per heavy atom. The molecule has 1 saturated heterocycles. The summed E-state index contributed by atoms with van der Waals surface area (Å²) in [5, 5.41) is 3.53. The molecule has 5 nitrogen and oxygen atoms in total. The lowest BCUT2D eigenvalue weighted by Gasteiger charge is -2.31. The molecular weight excluding hydrogens is 396 g/mol. The Morgan fingerprint density at radius 1 is 1.18 bits per heavy atom. The highest BCUT2D eigenvalue weighted by Gasteiger charge is 2.32. The van der Waals surface area contributed by atoms with E-state index in [0.29, 0.717) is 30.0 Å². The van der Waals surface area contributed by atoms with Crippen LogP contribution in [0.3, 0.4) is 0 Å². The van der Waals surface area contributed by atoms with Crippen molar-refractivity contribution in [2.24, 2.45) is 5.92 Å². The van der Waals surface area contributed by atoms with E-state index in [9.17, 15) is 13.2 Å². The van der Waals surface area contributed by atoms with Gasteiger partial charge in [0.25, 0.3) is 0 Å². The van der Waals surface area contributed by atoms with Gasteiger partial charge < -0.3 is 5.32 Å². The Bertz CT molecular complexity index is 958. The summed E-state index contributed by atoms with van der Waals surface area (Å²) >= 11 is 5.87. The molecule has 0 spiro atoms. The maximum Gasteiger partial charge on any atom is 0.228 e. The van der Waals surface area contributed by atoms with Crippen LogP contribution in [0.25, 0.3) is 0 Å². The van der Waals surface area contributed by atoms with E-state index < -0.39 is 10.0 Å². The van der Waals surface area contributed by atoms with Crippen LogP contribution in [-0.4, -0.2) is 31.7 Å². The van der Waals surface area contributed by atoms with E-state index in [0.717, 1.165) is 16.8 Å². The molecule has 0 aliphatic carbocycles. The van der Waals surface area contributed by atoms with Crippen LogP contribution in [-0.2, 0) is 20.6 Å². The Morgan fingerprint density at radius 2 is 1.89 bits per heavy atom. The number of amides is 1. The zero-order chi connectivity index (χ0) is 20.3. The van der Waals surface area contributed by atoms with E-state index in [2.05, 4.69) is 5.32 Å². The van der Waals surface area contributed by atoms with Gasteiger partial charge in [0.05, 0.1) is 11.7 Å². The monoisotopic (exact) mass is 420 g/mol. The quantitative estimate of drug-likeness (QED) is 0.790. The van der Waals surface area contributed by atoms with E-state index in [1.807, 2.05) is 32.0 Å². The predicted molar refractivity (Wildman–Crippen MR) is 113 cm³/mol. The molecule has 28 heavy (non-hydrogen) atoms. The Labute approximate surface area is 171 Å². The van der Waals surface area contributed by atoms with E-state index in [-0.39, 0.29) is 24.1 Å². The van der Waals surface area contributed by atoms with Gasteiger partial charge in [-0.3, -0.25) is 4.79 Å². The minimum atomic E-state index is -3.49. The van der Waals surface area contributed by atoms with Gasteiger partial charge in [-0.05, 0) is 56.0 Å². The second-order valence-electron chi connectivity index (χ2n) is 7.39. The van der Waals surface area contributed by atoms with Crippen molar-refractivity contribution in [3.63, 3.8) is 0 Å². The van der Waals surface area contributed by atoms with Crippen molar-refractivity contribution >= 4 is 33.2 Å². The van der Waals surface area contributed by atoms with Gasteiger partial charge in [-0.1, -0.05) is 41.4 Å². The Kier molecular flexibility index (Phi) is 6.43. The summed E-state index contributed by atoms with van der Waals surface area (Å²) in [4.78, 5) is 12.7. The number of aryl methyl sites for hydroxylation is 2. The molecule has 1 amide bonds. The van der Waals surface area contributed by atoms with Crippen LogP contribution < -0.4 is 5.32 Å². The van der Waals surface area contributed by atoms with Crippen LogP contribution in [0.2, 0.25) is 5.02 Å². The number of rotatable bonds is 5.